The van der Waals surface area contributed by atoms with Crippen LogP contribution in [0.3, 0.4) is 0 Å². The van der Waals surface area contributed by atoms with E-state index in [0.717, 1.165) is 36.8 Å². The van der Waals surface area contributed by atoms with Gasteiger partial charge in [-0.05, 0) is 12.1 Å². The summed E-state index contributed by atoms with van der Waals surface area (Å²) in [6.45, 7) is 0.220. The largest absolute Gasteiger partial charge is 0.493 e. The molecule has 0 saturated heterocycles. The third-order valence-electron chi connectivity index (χ3n) is 4.36. The number of rotatable bonds is 2. The second-order valence-electron chi connectivity index (χ2n) is 5.63. The fourth-order valence-corrected chi connectivity index (χ4v) is 4.63. The molecule has 2 aromatic carbocycles. The molecule has 0 unspecified atom stereocenters. The summed E-state index contributed by atoms with van der Waals surface area (Å²) in [5.74, 6) is 2.77. The number of hydrogen-bond acceptors (Lipinski definition) is 6. The lowest BCUT2D eigenvalue weighted by Gasteiger charge is -2.08. The summed E-state index contributed by atoms with van der Waals surface area (Å²) < 4.78 is 23.9. The number of ether oxygens (including phenoxy) is 4. The van der Waals surface area contributed by atoms with Crippen LogP contribution in [-0.2, 0) is 0 Å². The van der Waals surface area contributed by atoms with Crippen LogP contribution in [0.5, 0.6) is 23.0 Å². The standard InChI is InChI=1S/C18H12ClNO4S/c1-21-11-4-9-15(6-12(11)22-2)25-17-16(9)8-3-13-14(24-7-23-13)5-10(8)20-18(17)19/h3-6H,7H2,1-2H3. The molecule has 3 heterocycles. The van der Waals surface area contributed by atoms with E-state index in [1.165, 1.54) is 0 Å². The van der Waals surface area contributed by atoms with Gasteiger partial charge in [0.25, 0.3) is 0 Å². The molecule has 0 atom stereocenters. The number of aromatic nitrogens is 1. The van der Waals surface area contributed by atoms with E-state index in [0.29, 0.717) is 22.4 Å². The maximum Gasteiger partial charge on any atom is 0.231 e. The van der Waals surface area contributed by atoms with Crippen molar-refractivity contribution in [2.45, 2.75) is 0 Å². The van der Waals surface area contributed by atoms with Crippen molar-refractivity contribution in [3.05, 3.63) is 29.4 Å². The highest BCUT2D eigenvalue weighted by molar-refractivity contribution is 7.26. The number of methoxy groups -OCH3 is 2. The third kappa shape index (κ3) is 2.04. The highest BCUT2D eigenvalue weighted by Crippen LogP contribution is 2.47. The third-order valence-corrected chi connectivity index (χ3v) is 5.91. The highest BCUT2D eigenvalue weighted by atomic mass is 35.5. The predicted octanol–water partition coefficient (Wildman–Crippen LogP) is 5.00. The molecule has 1 aliphatic rings. The van der Waals surface area contributed by atoms with Crippen molar-refractivity contribution in [2.24, 2.45) is 0 Å². The van der Waals surface area contributed by atoms with Crippen molar-refractivity contribution in [1.29, 1.82) is 0 Å². The lowest BCUT2D eigenvalue weighted by molar-refractivity contribution is 0.174. The number of benzene rings is 2. The van der Waals surface area contributed by atoms with Crippen LogP contribution < -0.4 is 18.9 Å². The Morgan fingerprint density at radius 3 is 2.48 bits per heavy atom. The van der Waals surface area contributed by atoms with Crippen molar-refractivity contribution in [3.8, 4) is 23.0 Å². The van der Waals surface area contributed by atoms with Crippen molar-refractivity contribution < 1.29 is 18.9 Å². The molecule has 126 valence electrons. The Kier molecular flexibility index (Phi) is 3.14. The average molecular weight is 374 g/mol. The molecule has 2 aromatic heterocycles. The zero-order valence-corrected chi connectivity index (χ0v) is 15.0. The molecule has 0 N–H and O–H groups in total. The van der Waals surface area contributed by atoms with Gasteiger partial charge in [0.2, 0.25) is 6.79 Å². The van der Waals surface area contributed by atoms with Gasteiger partial charge >= 0.3 is 0 Å². The smallest absolute Gasteiger partial charge is 0.231 e. The van der Waals surface area contributed by atoms with Crippen molar-refractivity contribution in [2.75, 3.05) is 21.0 Å². The van der Waals surface area contributed by atoms with Crippen LogP contribution in [0.2, 0.25) is 5.15 Å². The van der Waals surface area contributed by atoms with Crippen LogP contribution in [-0.4, -0.2) is 26.0 Å². The van der Waals surface area contributed by atoms with Crippen molar-refractivity contribution in [1.82, 2.24) is 4.98 Å². The first-order valence-electron chi connectivity index (χ1n) is 7.56. The van der Waals surface area contributed by atoms with Crippen molar-refractivity contribution in [3.63, 3.8) is 0 Å². The summed E-state index contributed by atoms with van der Waals surface area (Å²) >= 11 is 8.05. The second-order valence-corrected chi connectivity index (χ2v) is 7.04. The van der Waals surface area contributed by atoms with Crippen LogP contribution in [0.4, 0.5) is 0 Å². The first-order valence-corrected chi connectivity index (χ1v) is 8.76. The van der Waals surface area contributed by atoms with Gasteiger partial charge in [-0.25, -0.2) is 4.98 Å². The van der Waals surface area contributed by atoms with E-state index in [-0.39, 0.29) is 6.79 Å². The number of nitrogens with zero attached hydrogens (tertiary/aromatic N) is 1. The average Bonchev–Trinajstić information content (AvgIpc) is 3.22. The first-order chi connectivity index (χ1) is 12.2. The van der Waals surface area contributed by atoms with Crippen LogP contribution in [0, 0.1) is 0 Å². The summed E-state index contributed by atoms with van der Waals surface area (Å²) in [6, 6.07) is 7.78. The minimum atomic E-state index is 0.220. The Hall–Kier alpha value is -2.44. The molecule has 0 radical (unpaired) electrons. The Morgan fingerprint density at radius 2 is 1.72 bits per heavy atom. The molecule has 0 bridgehead atoms. The zero-order chi connectivity index (χ0) is 17.1. The van der Waals surface area contributed by atoms with Gasteiger partial charge in [-0.2, -0.15) is 0 Å². The molecule has 7 heteroatoms. The topological polar surface area (TPSA) is 49.8 Å². The number of hydrogen-bond donors (Lipinski definition) is 0. The van der Waals surface area contributed by atoms with E-state index >= 15 is 0 Å². The monoisotopic (exact) mass is 373 g/mol. The van der Waals surface area contributed by atoms with E-state index in [1.807, 2.05) is 24.3 Å². The van der Waals surface area contributed by atoms with Gasteiger partial charge in [0.1, 0.15) is 5.15 Å². The van der Waals surface area contributed by atoms with Gasteiger partial charge in [-0.15, -0.1) is 11.3 Å². The molecule has 25 heavy (non-hydrogen) atoms. The first kappa shape index (κ1) is 14.9. The molecule has 0 fully saturated rings. The van der Waals surface area contributed by atoms with E-state index in [2.05, 4.69) is 4.98 Å². The predicted molar refractivity (Wildman–Crippen MR) is 98.9 cm³/mol. The SMILES string of the molecule is COc1cc2sc3c(Cl)nc4cc5c(cc4c3c2cc1OC)OCO5. The van der Waals surface area contributed by atoms with Gasteiger partial charge < -0.3 is 18.9 Å². The maximum atomic E-state index is 6.47. The van der Waals surface area contributed by atoms with Gasteiger partial charge in [-0.3, -0.25) is 0 Å². The maximum absolute atomic E-state index is 6.47. The lowest BCUT2D eigenvalue weighted by Crippen LogP contribution is -1.92. The number of thiophene rings is 1. The van der Waals surface area contributed by atoms with E-state index < -0.39 is 0 Å². The summed E-state index contributed by atoms with van der Waals surface area (Å²) in [7, 11) is 3.25. The lowest BCUT2D eigenvalue weighted by atomic mass is 10.1. The number of pyridine rings is 1. The van der Waals surface area contributed by atoms with Crippen LogP contribution in [0.1, 0.15) is 0 Å². The summed E-state index contributed by atoms with van der Waals surface area (Å²) in [5, 5.41) is 3.53. The quantitative estimate of drug-likeness (QED) is 0.463. The van der Waals surface area contributed by atoms with Gasteiger partial charge in [0.05, 0.1) is 24.4 Å². The van der Waals surface area contributed by atoms with E-state index in [9.17, 15) is 0 Å². The fraction of sp³-hybridized carbons (Fsp3) is 0.167. The Labute approximate surface area is 151 Å². The molecule has 5 rings (SSSR count). The van der Waals surface area contributed by atoms with E-state index in [1.54, 1.807) is 25.6 Å². The molecule has 4 aromatic rings. The minimum absolute atomic E-state index is 0.220. The molecular weight excluding hydrogens is 362 g/mol. The molecule has 0 spiro atoms. The molecular formula is C18H12ClNO4S. The molecule has 5 nitrogen and oxygen atoms in total. The number of halogens is 1. The van der Waals surface area contributed by atoms with Crippen LogP contribution >= 0.6 is 22.9 Å². The zero-order valence-electron chi connectivity index (χ0n) is 13.4. The van der Waals surface area contributed by atoms with Crippen LogP contribution in [0.15, 0.2) is 24.3 Å². The Morgan fingerprint density at radius 1 is 1.00 bits per heavy atom. The molecule has 1 aliphatic heterocycles. The van der Waals surface area contributed by atoms with Crippen molar-refractivity contribution >= 4 is 54.0 Å². The summed E-state index contributed by atoms with van der Waals surface area (Å²) in [4.78, 5) is 4.54. The normalized spacial score (nSPS) is 13.1. The summed E-state index contributed by atoms with van der Waals surface area (Å²) in [5.41, 5.74) is 0.774. The van der Waals surface area contributed by atoms with E-state index in [4.69, 9.17) is 30.5 Å². The van der Waals surface area contributed by atoms with Gasteiger partial charge in [-0.1, -0.05) is 11.6 Å². The molecule has 0 saturated carbocycles. The minimum Gasteiger partial charge on any atom is -0.493 e. The Balaban J connectivity index is 1.97. The Bertz CT molecular complexity index is 1170. The second kappa shape index (κ2) is 5.28. The highest BCUT2D eigenvalue weighted by Gasteiger charge is 2.20. The fourth-order valence-electron chi connectivity index (χ4n) is 3.22. The van der Waals surface area contributed by atoms with Crippen LogP contribution in [0.25, 0.3) is 31.1 Å². The summed E-state index contributed by atoms with van der Waals surface area (Å²) in [6.07, 6.45) is 0. The number of fused-ring (bicyclic) bond motifs is 6. The van der Waals surface area contributed by atoms with Gasteiger partial charge in [0.15, 0.2) is 23.0 Å². The molecule has 0 amide bonds. The molecule has 0 aliphatic carbocycles. The van der Waals surface area contributed by atoms with Gasteiger partial charge in [0, 0.05) is 33.0 Å².